The van der Waals surface area contributed by atoms with Gasteiger partial charge in [-0.15, -0.1) is 0 Å². The molecule has 3 rings (SSSR count). The fourth-order valence-electron chi connectivity index (χ4n) is 2.85. The first kappa shape index (κ1) is 21.2. The van der Waals surface area contributed by atoms with Crippen molar-refractivity contribution in [3.63, 3.8) is 0 Å². The third kappa shape index (κ3) is 5.30. The van der Waals surface area contributed by atoms with Crippen molar-refractivity contribution in [2.75, 3.05) is 17.2 Å². The third-order valence-electron chi connectivity index (χ3n) is 4.42. The molecule has 30 heavy (non-hydrogen) atoms. The van der Waals surface area contributed by atoms with Gasteiger partial charge in [-0.2, -0.15) is 0 Å². The van der Waals surface area contributed by atoms with Crippen LogP contribution in [-0.2, 0) is 4.79 Å². The van der Waals surface area contributed by atoms with Gasteiger partial charge >= 0.3 is 0 Å². The first-order valence-electron chi connectivity index (χ1n) is 9.22. The van der Waals surface area contributed by atoms with Crippen molar-refractivity contribution in [3.8, 4) is 11.5 Å². The molecule has 3 aromatic rings. The van der Waals surface area contributed by atoms with E-state index in [-0.39, 0.29) is 29.9 Å². The number of ether oxygens (including phenoxy) is 1. The lowest BCUT2D eigenvalue weighted by Gasteiger charge is -2.12. The first-order chi connectivity index (χ1) is 14.3. The van der Waals surface area contributed by atoms with Gasteiger partial charge in [-0.05, 0) is 61.4 Å². The molecule has 7 heteroatoms. The molecule has 2 amide bonds. The lowest BCUT2D eigenvalue weighted by atomic mass is 10.1. The molecule has 0 radical (unpaired) electrons. The van der Waals surface area contributed by atoms with Crippen LogP contribution in [0.4, 0.5) is 11.4 Å². The zero-order valence-electron chi connectivity index (χ0n) is 16.5. The maximum Gasteiger partial charge on any atom is 0.262 e. The van der Waals surface area contributed by atoms with E-state index in [2.05, 4.69) is 10.6 Å². The summed E-state index contributed by atoms with van der Waals surface area (Å²) in [6, 6.07) is 16.7. The number of anilines is 2. The van der Waals surface area contributed by atoms with Crippen LogP contribution < -0.4 is 15.4 Å². The Balaban J connectivity index is 1.60. The van der Waals surface area contributed by atoms with Crippen LogP contribution >= 0.6 is 11.6 Å². The normalized spacial score (nSPS) is 10.4. The van der Waals surface area contributed by atoms with Crippen LogP contribution in [0.25, 0.3) is 0 Å². The highest BCUT2D eigenvalue weighted by atomic mass is 35.5. The summed E-state index contributed by atoms with van der Waals surface area (Å²) in [4.78, 5) is 24.5. The molecule has 154 valence electrons. The van der Waals surface area contributed by atoms with Gasteiger partial charge in [-0.25, -0.2) is 0 Å². The Morgan fingerprint density at radius 3 is 2.43 bits per heavy atom. The minimum Gasteiger partial charge on any atom is -0.506 e. The number of phenols is 1. The van der Waals surface area contributed by atoms with E-state index in [9.17, 15) is 14.7 Å². The second-order valence-electron chi connectivity index (χ2n) is 6.75. The number of hydrogen-bond donors (Lipinski definition) is 3. The molecule has 0 atom stereocenters. The van der Waals surface area contributed by atoms with Gasteiger partial charge in [0.25, 0.3) is 11.8 Å². The van der Waals surface area contributed by atoms with Crippen molar-refractivity contribution in [1.82, 2.24) is 0 Å². The lowest BCUT2D eigenvalue weighted by Crippen LogP contribution is -2.20. The highest BCUT2D eigenvalue weighted by Gasteiger charge is 2.12. The van der Waals surface area contributed by atoms with Gasteiger partial charge < -0.3 is 20.5 Å². The quantitative estimate of drug-likeness (QED) is 0.489. The third-order valence-corrected chi connectivity index (χ3v) is 4.65. The van der Waals surface area contributed by atoms with E-state index in [1.807, 2.05) is 26.0 Å². The molecule has 0 aliphatic carbocycles. The average Bonchev–Trinajstić information content (AvgIpc) is 2.69. The van der Waals surface area contributed by atoms with Gasteiger partial charge in [0.1, 0.15) is 11.5 Å². The van der Waals surface area contributed by atoms with Crippen LogP contribution in [-0.4, -0.2) is 23.5 Å². The number of phenolic OH excluding ortho intramolecular Hbond substituents is 1. The molecule has 0 unspecified atom stereocenters. The molecule has 0 aliphatic rings. The Morgan fingerprint density at radius 1 is 0.967 bits per heavy atom. The van der Waals surface area contributed by atoms with Crippen LogP contribution in [0.5, 0.6) is 11.5 Å². The fraction of sp³-hybridized carbons (Fsp3) is 0.130. The number of aryl methyl sites for hydroxylation is 2. The van der Waals surface area contributed by atoms with Gasteiger partial charge in [0.05, 0.1) is 5.69 Å². The monoisotopic (exact) mass is 424 g/mol. The molecule has 0 spiro atoms. The average molecular weight is 425 g/mol. The molecule has 0 heterocycles. The molecule has 6 nitrogen and oxygen atoms in total. The first-order valence-corrected chi connectivity index (χ1v) is 9.60. The van der Waals surface area contributed by atoms with E-state index in [1.165, 1.54) is 12.1 Å². The van der Waals surface area contributed by atoms with E-state index in [1.54, 1.807) is 36.4 Å². The molecule has 0 fully saturated rings. The van der Waals surface area contributed by atoms with Crippen LogP contribution in [0.1, 0.15) is 21.5 Å². The molecular weight excluding hydrogens is 404 g/mol. The summed E-state index contributed by atoms with van der Waals surface area (Å²) in [7, 11) is 0. The summed E-state index contributed by atoms with van der Waals surface area (Å²) in [6.07, 6.45) is 0. The van der Waals surface area contributed by atoms with Gasteiger partial charge in [-0.1, -0.05) is 29.8 Å². The van der Waals surface area contributed by atoms with E-state index in [0.29, 0.717) is 22.0 Å². The van der Waals surface area contributed by atoms with Gasteiger partial charge in [0.2, 0.25) is 0 Å². The summed E-state index contributed by atoms with van der Waals surface area (Å²) in [5.74, 6) is -0.316. The van der Waals surface area contributed by atoms with Gasteiger partial charge in [0, 0.05) is 22.3 Å². The number of rotatable bonds is 6. The minimum atomic E-state index is -0.388. The van der Waals surface area contributed by atoms with E-state index >= 15 is 0 Å². The molecule has 0 aromatic heterocycles. The molecule has 3 N–H and O–H groups in total. The van der Waals surface area contributed by atoms with Crippen molar-refractivity contribution in [1.29, 1.82) is 0 Å². The molecular formula is C23H21ClN2O4. The van der Waals surface area contributed by atoms with E-state index < -0.39 is 0 Å². The maximum absolute atomic E-state index is 12.4. The summed E-state index contributed by atoms with van der Waals surface area (Å²) in [5.41, 5.74) is 2.79. The van der Waals surface area contributed by atoms with Crippen molar-refractivity contribution >= 4 is 34.8 Å². The van der Waals surface area contributed by atoms with Crippen molar-refractivity contribution < 1.29 is 19.4 Å². The highest BCUT2D eigenvalue weighted by molar-refractivity contribution is 6.30. The number of carbonyl (C=O) groups is 2. The zero-order chi connectivity index (χ0) is 21.7. The second-order valence-corrected chi connectivity index (χ2v) is 7.18. The largest absolute Gasteiger partial charge is 0.506 e. The number of carbonyl (C=O) groups excluding carboxylic acids is 2. The number of nitrogens with one attached hydrogen (secondary N) is 2. The molecule has 0 saturated heterocycles. The van der Waals surface area contributed by atoms with E-state index in [4.69, 9.17) is 16.3 Å². The summed E-state index contributed by atoms with van der Waals surface area (Å²) in [5, 5.41) is 16.1. The lowest BCUT2D eigenvalue weighted by molar-refractivity contribution is -0.118. The number of benzene rings is 3. The predicted molar refractivity (Wildman–Crippen MR) is 118 cm³/mol. The summed E-state index contributed by atoms with van der Waals surface area (Å²) < 4.78 is 5.50. The summed E-state index contributed by atoms with van der Waals surface area (Å²) >= 11 is 5.90. The standard InChI is InChI=1S/C23H21ClN2O4/c1-14-5-3-4-6-18(14)23(29)26-19-9-8-17(12-20(19)27)25-22(28)13-30-21-10-7-16(24)11-15(21)2/h3-12,27H,13H2,1-2H3,(H,25,28)(H,26,29). The Kier molecular flexibility index (Phi) is 6.59. The fourth-order valence-corrected chi connectivity index (χ4v) is 3.07. The van der Waals surface area contributed by atoms with Crippen molar-refractivity contribution in [2.45, 2.75) is 13.8 Å². The molecule has 0 aliphatic heterocycles. The van der Waals surface area contributed by atoms with Crippen molar-refractivity contribution in [3.05, 3.63) is 82.4 Å². The Morgan fingerprint density at radius 2 is 1.73 bits per heavy atom. The number of amides is 2. The Hall–Kier alpha value is -3.51. The Labute approximate surface area is 179 Å². The second kappa shape index (κ2) is 9.33. The van der Waals surface area contributed by atoms with E-state index in [0.717, 1.165) is 11.1 Å². The molecule has 0 bridgehead atoms. The molecule has 0 saturated carbocycles. The van der Waals surface area contributed by atoms with Crippen LogP contribution in [0.3, 0.4) is 0 Å². The van der Waals surface area contributed by atoms with Crippen LogP contribution in [0, 0.1) is 13.8 Å². The predicted octanol–water partition coefficient (Wildman–Crippen LogP) is 4.93. The smallest absolute Gasteiger partial charge is 0.262 e. The highest BCUT2D eigenvalue weighted by Crippen LogP contribution is 2.28. The van der Waals surface area contributed by atoms with Gasteiger partial charge in [-0.3, -0.25) is 9.59 Å². The minimum absolute atomic E-state index is 0.163. The summed E-state index contributed by atoms with van der Waals surface area (Å²) in [6.45, 7) is 3.47. The van der Waals surface area contributed by atoms with Crippen LogP contribution in [0.15, 0.2) is 60.7 Å². The zero-order valence-corrected chi connectivity index (χ0v) is 17.3. The van der Waals surface area contributed by atoms with Gasteiger partial charge in [0.15, 0.2) is 6.61 Å². The number of hydrogen-bond acceptors (Lipinski definition) is 4. The Bertz CT molecular complexity index is 1100. The molecule has 3 aromatic carbocycles. The maximum atomic E-state index is 12.4. The SMILES string of the molecule is Cc1cc(Cl)ccc1OCC(=O)Nc1ccc(NC(=O)c2ccccc2C)c(O)c1. The van der Waals surface area contributed by atoms with Crippen LogP contribution in [0.2, 0.25) is 5.02 Å². The number of halogens is 1. The topological polar surface area (TPSA) is 87.7 Å². The van der Waals surface area contributed by atoms with Crippen molar-refractivity contribution in [2.24, 2.45) is 0 Å². The number of aromatic hydroxyl groups is 1.